The van der Waals surface area contributed by atoms with E-state index in [0.717, 1.165) is 4.90 Å². The molecule has 1 aromatic rings. The molecule has 2 rings (SSSR count). The lowest BCUT2D eigenvalue weighted by atomic mass is 10.1. The minimum absolute atomic E-state index is 0.0550. The summed E-state index contributed by atoms with van der Waals surface area (Å²) in [6, 6.07) is 6.27. The third kappa shape index (κ3) is 4.38. The number of carbonyl (C=O) groups excluding carboxylic acids is 3. The van der Waals surface area contributed by atoms with E-state index in [-0.39, 0.29) is 24.3 Å². The van der Waals surface area contributed by atoms with Crippen molar-refractivity contribution < 1.29 is 14.4 Å². The number of benzene rings is 1. The van der Waals surface area contributed by atoms with Gasteiger partial charge in [-0.2, -0.15) is 0 Å². The van der Waals surface area contributed by atoms with Gasteiger partial charge >= 0.3 is 6.03 Å². The number of thioether (sulfide) groups is 1. The van der Waals surface area contributed by atoms with Crippen LogP contribution in [0.1, 0.15) is 6.42 Å². The number of rotatable bonds is 4. The molecular formula is C15H20N4O3S. The first-order valence-electron chi connectivity index (χ1n) is 7.25. The van der Waals surface area contributed by atoms with E-state index in [0.29, 0.717) is 18.8 Å². The summed E-state index contributed by atoms with van der Waals surface area (Å²) in [6.07, 6.45) is 1.90. The summed E-state index contributed by atoms with van der Waals surface area (Å²) in [4.78, 5) is 38.5. The minimum atomic E-state index is -0.799. The molecule has 4 amide bonds. The maximum atomic E-state index is 12.5. The number of piperazine rings is 1. The van der Waals surface area contributed by atoms with E-state index in [2.05, 4.69) is 16.0 Å². The Kier molecular flexibility index (Phi) is 5.86. The topological polar surface area (TPSA) is 90.5 Å². The Labute approximate surface area is 139 Å². The Morgan fingerprint density at radius 3 is 2.91 bits per heavy atom. The highest BCUT2D eigenvalue weighted by molar-refractivity contribution is 7.98. The summed E-state index contributed by atoms with van der Waals surface area (Å²) in [5, 5.41) is 7.95. The number of nitrogens with zero attached hydrogens (tertiary/aromatic N) is 1. The molecule has 8 heteroatoms. The second-order valence-electron chi connectivity index (χ2n) is 5.04. The van der Waals surface area contributed by atoms with E-state index in [4.69, 9.17) is 0 Å². The van der Waals surface area contributed by atoms with Crippen molar-refractivity contribution in [2.24, 2.45) is 0 Å². The molecule has 3 N–H and O–H groups in total. The van der Waals surface area contributed by atoms with Crippen LogP contribution < -0.4 is 16.0 Å². The summed E-state index contributed by atoms with van der Waals surface area (Å²) in [7, 11) is 1.50. The zero-order chi connectivity index (χ0) is 16.8. The molecule has 1 aromatic carbocycles. The number of anilines is 1. The van der Waals surface area contributed by atoms with E-state index in [9.17, 15) is 14.4 Å². The molecule has 0 aliphatic carbocycles. The van der Waals surface area contributed by atoms with Gasteiger partial charge in [-0.1, -0.05) is 6.07 Å². The van der Waals surface area contributed by atoms with Gasteiger partial charge < -0.3 is 20.9 Å². The second-order valence-corrected chi connectivity index (χ2v) is 5.92. The number of nitrogens with one attached hydrogen (secondary N) is 3. The van der Waals surface area contributed by atoms with Gasteiger partial charge in [0.2, 0.25) is 11.8 Å². The lowest BCUT2D eigenvalue weighted by molar-refractivity contribution is -0.132. The van der Waals surface area contributed by atoms with Crippen LogP contribution in [0.25, 0.3) is 0 Å². The molecule has 0 unspecified atom stereocenters. The Hall–Kier alpha value is -2.22. The molecule has 124 valence electrons. The summed E-state index contributed by atoms with van der Waals surface area (Å²) in [5.41, 5.74) is 0.659. The third-order valence-electron chi connectivity index (χ3n) is 3.57. The lowest BCUT2D eigenvalue weighted by Gasteiger charge is -2.34. The van der Waals surface area contributed by atoms with Gasteiger partial charge in [-0.3, -0.25) is 9.59 Å². The molecule has 23 heavy (non-hydrogen) atoms. The van der Waals surface area contributed by atoms with Crippen molar-refractivity contribution in [1.29, 1.82) is 0 Å². The summed E-state index contributed by atoms with van der Waals surface area (Å²) in [6.45, 7) is 0.739. The van der Waals surface area contributed by atoms with Gasteiger partial charge in [-0.05, 0) is 24.5 Å². The van der Waals surface area contributed by atoms with Crippen molar-refractivity contribution in [3.05, 3.63) is 24.3 Å². The number of carbonyl (C=O) groups is 3. The highest BCUT2D eigenvalue weighted by Crippen LogP contribution is 2.20. The van der Waals surface area contributed by atoms with E-state index >= 15 is 0 Å². The van der Waals surface area contributed by atoms with Crippen LogP contribution in [0.15, 0.2) is 29.2 Å². The summed E-state index contributed by atoms with van der Waals surface area (Å²) < 4.78 is 0. The van der Waals surface area contributed by atoms with Gasteiger partial charge in [0.25, 0.3) is 0 Å². The van der Waals surface area contributed by atoms with Crippen LogP contribution in [-0.4, -0.2) is 55.2 Å². The Balaban J connectivity index is 2.11. The minimum Gasteiger partial charge on any atom is -0.359 e. The molecule has 0 radical (unpaired) electrons. The van der Waals surface area contributed by atoms with Gasteiger partial charge in [-0.15, -0.1) is 11.8 Å². The van der Waals surface area contributed by atoms with Crippen LogP contribution in [0.4, 0.5) is 10.5 Å². The summed E-state index contributed by atoms with van der Waals surface area (Å²) in [5.74, 6) is -0.595. The summed E-state index contributed by atoms with van der Waals surface area (Å²) >= 11 is 1.58. The molecule has 0 bridgehead atoms. The van der Waals surface area contributed by atoms with Crippen LogP contribution in [-0.2, 0) is 9.59 Å². The van der Waals surface area contributed by atoms with Crippen LogP contribution in [0, 0.1) is 0 Å². The molecule has 1 fully saturated rings. The largest absolute Gasteiger partial charge is 0.359 e. The van der Waals surface area contributed by atoms with E-state index in [1.54, 1.807) is 17.8 Å². The normalized spacial score (nSPS) is 17.4. The van der Waals surface area contributed by atoms with Crippen molar-refractivity contribution in [3.63, 3.8) is 0 Å². The molecule has 7 nitrogen and oxygen atoms in total. The monoisotopic (exact) mass is 336 g/mol. The van der Waals surface area contributed by atoms with Crippen molar-refractivity contribution in [3.8, 4) is 0 Å². The fourth-order valence-electron chi connectivity index (χ4n) is 2.33. The average molecular weight is 336 g/mol. The molecule has 0 aromatic heterocycles. The Morgan fingerprint density at radius 2 is 2.22 bits per heavy atom. The maximum Gasteiger partial charge on any atom is 0.322 e. The predicted molar refractivity (Wildman–Crippen MR) is 89.4 cm³/mol. The zero-order valence-corrected chi connectivity index (χ0v) is 13.9. The fourth-order valence-corrected chi connectivity index (χ4v) is 2.79. The van der Waals surface area contributed by atoms with Crippen molar-refractivity contribution in [1.82, 2.24) is 15.5 Å². The van der Waals surface area contributed by atoms with Crippen molar-refractivity contribution in [2.45, 2.75) is 17.4 Å². The van der Waals surface area contributed by atoms with Crippen molar-refractivity contribution in [2.75, 3.05) is 31.7 Å². The number of amides is 4. The third-order valence-corrected chi connectivity index (χ3v) is 4.30. The molecule has 0 spiro atoms. The quantitative estimate of drug-likeness (QED) is 0.712. The number of hydrogen-bond donors (Lipinski definition) is 3. The maximum absolute atomic E-state index is 12.5. The van der Waals surface area contributed by atoms with Gasteiger partial charge in [0.15, 0.2) is 0 Å². The van der Waals surface area contributed by atoms with Crippen molar-refractivity contribution >= 4 is 35.3 Å². The molecule has 1 aliphatic rings. The molecule has 0 saturated carbocycles. The first-order chi connectivity index (χ1) is 11.0. The number of urea groups is 1. The zero-order valence-electron chi connectivity index (χ0n) is 13.1. The van der Waals surface area contributed by atoms with E-state index in [1.807, 2.05) is 24.5 Å². The molecule has 1 heterocycles. The molecule has 1 saturated heterocycles. The van der Waals surface area contributed by atoms with Crippen LogP contribution >= 0.6 is 11.8 Å². The Bertz CT molecular complexity index is 608. The Morgan fingerprint density at radius 1 is 1.43 bits per heavy atom. The van der Waals surface area contributed by atoms with Crippen LogP contribution in [0.2, 0.25) is 0 Å². The fraction of sp³-hybridized carbons (Fsp3) is 0.400. The smallest absolute Gasteiger partial charge is 0.322 e. The average Bonchev–Trinajstić information content (AvgIpc) is 2.56. The van der Waals surface area contributed by atoms with Gasteiger partial charge in [-0.25, -0.2) is 4.79 Å². The SMILES string of the molecule is CNC(=O)C[C@H]1C(=O)NCCN1C(=O)Nc1cccc(SC)c1. The van der Waals surface area contributed by atoms with Gasteiger partial charge in [0, 0.05) is 30.7 Å². The lowest BCUT2D eigenvalue weighted by Crippen LogP contribution is -2.59. The molecular weight excluding hydrogens is 316 g/mol. The van der Waals surface area contributed by atoms with E-state index in [1.165, 1.54) is 11.9 Å². The van der Waals surface area contributed by atoms with Crippen LogP contribution in [0.3, 0.4) is 0 Å². The first kappa shape index (κ1) is 17.1. The number of hydrogen-bond acceptors (Lipinski definition) is 4. The standard InChI is InChI=1S/C15H20N4O3S/c1-16-13(20)9-12-14(21)17-6-7-19(12)15(22)18-10-4-3-5-11(8-10)23-2/h3-5,8,12H,6-7,9H2,1-2H3,(H,16,20)(H,17,21)(H,18,22)/t12-/m0/s1. The molecule has 1 atom stereocenters. The van der Waals surface area contributed by atoms with E-state index < -0.39 is 6.04 Å². The highest BCUT2D eigenvalue weighted by atomic mass is 32.2. The highest BCUT2D eigenvalue weighted by Gasteiger charge is 2.34. The first-order valence-corrected chi connectivity index (χ1v) is 8.47. The predicted octanol–water partition coefficient (Wildman–Crippen LogP) is 0.877. The molecule has 1 aliphatic heterocycles. The van der Waals surface area contributed by atoms with Gasteiger partial charge in [0.05, 0.1) is 6.42 Å². The van der Waals surface area contributed by atoms with Crippen LogP contribution in [0.5, 0.6) is 0 Å². The second kappa shape index (κ2) is 7.87. The van der Waals surface area contributed by atoms with Gasteiger partial charge in [0.1, 0.15) is 6.04 Å².